The average molecular weight is 336 g/mol. The summed E-state index contributed by atoms with van der Waals surface area (Å²) >= 11 is 0. The van der Waals surface area contributed by atoms with E-state index in [9.17, 15) is 4.79 Å². The minimum Gasteiger partial charge on any atom is -0.496 e. The van der Waals surface area contributed by atoms with Gasteiger partial charge in [-0.1, -0.05) is 6.07 Å². The summed E-state index contributed by atoms with van der Waals surface area (Å²) in [4.78, 5) is 20.9. The van der Waals surface area contributed by atoms with Crippen LogP contribution in [0.4, 0.5) is 0 Å². The molecule has 0 radical (unpaired) electrons. The smallest absolute Gasteiger partial charge is 0.251 e. The standard InChI is InChI=1S/C19H20N4O2/c1-13-10-21-17(14(2)18(13)25-3)11-22-19(24)15-5-4-6-16(9-15)23-8-7-20-12-23/h4-10,12H,11H2,1-3H3,(H,22,24). The number of amides is 1. The van der Waals surface area contributed by atoms with E-state index < -0.39 is 0 Å². The highest BCUT2D eigenvalue weighted by molar-refractivity contribution is 5.94. The maximum atomic E-state index is 12.5. The molecule has 3 rings (SSSR count). The van der Waals surface area contributed by atoms with Gasteiger partial charge in [-0.15, -0.1) is 0 Å². The second kappa shape index (κ2) is 7.17. The van der Waals surface area contributed by atoms with Crippen molar-refractivity contribution in [1.29, 1.82) is 0 Å². The molecule has 2 heterocycles. The number of pyridine rings is 1. The maximum Gasteiger partial charge on any atom is 0.251 e. The van der Waals surface area contributed by atoms with Crippen molar-refractivity contribution in [3.63, 3.8) is 0 Å². The number of rotatable bonds is 5. The molecule has 0 spiro atoms. The molecular weight excluding hydrogens is 316 g/mol. The van der Waals surface area contributed by atoms with Crippen molar-refractivity contribution < 1.29 is 9.53 Å². The Morgan fingerprint density at radius 3 is 2.88 bits per heavy atom. The molecule has 0 saturated carbocycles. The van der Waals surface area contributed by atoms with Crippen LogP contribution < -0.4 is 10.1 Å². The van der Waals surface area contributed by atoms with Gasteiger partial charge in [0.25, 0.3) is 5.91 Å². The lowest BCUT2D eigenvalue weighted by molar-refractivity contribution is 0.0950. The van der Waals surface area contributed by atoms with Gasteiger partial charge in [-0.3, -0.25) is 9.78 Å². The van der Waals surface area contributed by atoms with Gasteiger partial charge in [0.05, 0.1) is 25.7 Å². The Bertz CT molecular complexity index is 888. The van der Waals surface area contributed by atoms with Gasteiger partial charge >= 0.3 is 0 Å². The zero-order valence-electron chi connectivity index (χ0n) is 14.5. The lowest BCUT2D eigenvalue weighted by atomic mass is 10.1. The molecule has 1 N–H and O–H groups in total. The zero-order valence-corrected chi connectivity index (χ0v) is 14.5. The third-order valence-corrected chi connectivity index (χ3v) is 4.08. The molecular formula is C19H20N4O2. The van der Waals surface area contributed by atoms with Crippen molar-refractivity contribution in [3.8, 4) is 11.4 Å². The largest absolute Gasteiger partial charge is 0.496 e. The predicted molar refractivity (Wildman–Crippen MR) is 95.0 cm³/mol. The lowest BCUT2D eigenvalue weighted by Gasteiger charge is -2.13. The second-order valence-corrected chi connectivity index (χ2v) is 5.75. The molecule has 0 aliphatic rings. The summed E-state index contributed by atoms with van der Waals surface area (Å²) in [5, 5.41) is 2.92. The number of methoxy groups -OCH3 is 1. The van der Waals surface area contributed by atoms with E-state index in [1.807, 2.05) is 42.8 Å². The van der Waals surface area contributed by atoms with E-state index in [1.54, 1.807) is 31.9 Å². The molecule has 1 aromatic carbocycles. The zero-order chi connectivity index (χ0) is 17.8. The molecule has 0 bridgehead atoms. The van der Waals surface area contributed by atoms with Gasteiger partial charge in [-0.05, 0) is 32.0 Å². The van der Waals surface area contributed by atoms with Crippen LogP contribution in [0.2, 0.25) is 0 Å². The van der Waals surface area contributed by atoms with Crippen molar-refractivity contribution in [2.75, 3.05) is 7.11 Å². The number of aryl methyl sites for hydroxylation is 1. The summed E-state index contributed by atoms with van der Waals surface area (Å²) in [6.07, 6.45) is 6.99. The summed E-state index contributed by atoms with van der Waals surface area (Å²) in [7, 11) is 1.64. The van der Waals surface area contributed by atoms with Crippen LogP contribution in [0.3, 0.4) is 0 Å². The summed E-state index contributed by atoms with van der Waals surface area (Å²) in [6, 6.07) is 7.39. The van der Waals surface area contributed by atoms with Crippen LogP contribution in [-0.4, -0.2) is 27.6 Å². The topological polar surface area (TPSA) is 69.0 Å². The van der Waals surface area contributed by atoms with Crippen LogP contribution in [0.15, 0.2) is 49.2 Å². The van der Waals surface area contributed by atoms with E-state index in [4.69, 9.17) is 4.74 Å². The van der Waals surface area contributed by atoms with Crippen LogP contribution in [0.5, 0.6) is 5.75 Å². The molecule has 2 aromatic heterocycles. The highest BCUT2D eigenvalue weighted by Crippen LogP contribution is 2.23. The van der Waals surface area contributed by atoms with Gasteiger partial charge < -0.3 is 14.6 Å². The van der Waals surface area contributed by atoms with Gasteiger partial charge in [-0.25, -0.2) is 4.98 Å². The first-order valence-electron chi connectivity index (χ1n) is 7.96. The molecule has 0 saturated heterocycles. The van der Waals surface area contributed by atoms with Crippen LogP contribution in [0.1, 0.15) is 27.2 Å². The molecule has 6 nitrogen and oxygen atoms in total. The first kappa shape index (κ1) is 16.7. The molecule has 1 amide bonds. The Morgan fingerprint density at radius 2 is 2.16 bits per heavy atom. The Balaban J connectivity index is 1.75. The Kier molecular flexibility index (Phi) is 4.79. The maximum absolute atomic E-state index is 12.5. The van der Waals surface area contributed by atoms with E-state index in [0.717, 1.165) is 28.3 Å². The van der Waals surface area contributed by atoms with E-state index in [0.29, 0.717) is 12.1 Å². The number of carbonyl (C=O) groups is 1. The van der Waals surface area contributed by atoms with E-state index in [2.05, 4.69) is 15.3 Å². The number of hydrogen-bond acceptors (Lipinski definition) is 4. The number of nitrogens with one attached hydrogen (secondary N) is 1. The van der Waals surface area contributed by atoms with E-state index >= 15 is 0 Å². The second-order valence-electron chi connectivity index (χ2n) is 5.75. The lowest BCUT2D eigenvalue weighted by Crippen LogP contribution is -2.24. The SMILES string of the molecule is COc1c(C)cnc(CNC(=O)c2cccc(-n3ccnc3)c2)c1C. The van der Waals surface area contributed by atoms with E-state index in [1.165, 1.54) is 0 Å². The summed E-state index contributed by atoms with van der Waals surface area (Å²) in [5.41, 5.74) is 4.18. The monoisotopic (exact) mass is 336 g/mol. The number of hydrogen-bond donors (Lipinski definition) is 1. The quantitative estimate of drug-likeness (QED) is 0.778. The Hall–Kier alpha value is -3.15. The minimum atomic E-state index is -0.150. The first-order valence-corrected chi connectivity index (χ1v) is 7.96. The first-order chi connectivity index (χ1) is 12.1. The molecule has 0 atom stereocenters. The third-order valence-electron chi connectivity index (χ3n) is 4.08. The summed E-state index contributed by atoms with van der Waals surface area (Å²) in [5.74, 6) is 0.657. The average Bonchev–Trinajstić information content (AvgIpc) is 3.16. The Morgan fingerprint density at radius 1 is 1.32 bits per heavy atom. The van der Waals surface area contributed by atoms with Crippen LogP contribution in [-0.2, 0) is 6.54 Å². The number of imidazole rings is 1. The number of nitrogens with zero attached hydrogens (tertiary/aromatic N) is 3. The van der Waals surface area contributed by atoms with Crippen molar-refractivity contribution in [1.82, 2.24) is 19.9 Å². The van der Waals surface area contributed by atoms with Crippen molar-refractivity contribution >= 4 is 5.91 Å². The summed E-state index contributed by atoms with van der Waals surface area (Å²) in [6.45, 7) is 4.24. The highest BCUT2D eigenvalue weighted by atomic mass is 16.5. The Labute approximate surface area is 146 Å². The fraction of sp³-hybridized carbons (Fsp3) is 0.211. The molecule has 25 heavy (non-hydrogen) atoms. The van der Waals surface area contributed by atoms with Crippen LogP contribution >= 0.6 is 0 Å². The fourth-order valence-electron chi connectivity index (χ4n) is 2.73. The van der Waals surface area contributed by atoms with Gasteiger partial charge in [0.2, 0.25) is 0 Å². The molecule has 0 fully saturated rings. The minimum absolute atomic E-state index is 0.150. The normalized spacial score (nSPS) is 10.5. The van der Waals surface area contributed by atoms with Crippen molar-refractivity contribution in [2.45, 2.75) is 20.4 Å². The number of ether oxygens (including phenoxy) is 1. The van der Waals surface area contributed by atoms with Crippen LogP contribution in [0.25, 0.3) is 5.69 Å². The number of benzene rings is 1. The van der Waals surface area contributed by atoms with Gasteiger partial charge in [0, 0.05) is 41.0 Å². The molecule has 3 aromatic rings. The van der Waals surface area contributed by atoms with Crippen LogP contribution in [0, 0.1) is 13.8 Å². The molecule has 6 heteroatoms. The number of aromatic nitrogens is 3. The van der Waals surface area contributed by atoms with Gasteiger partial charge in [-0.2, -0.15) is 0 Å². The van der Waals surface area contributed by atoms with Gasteiger partial charge in [0.1, 0.15) is 5.75 Å². The molecule has 128 valence electrons. The van der Waals surface area contributed by atoms with E-state index in [-0.39, 0.29) is 5.91 Å². The highest BCUT2D eigenvalue weighted by Gasteiger charge is 2.12. The van der Waals surface area contributed by atoms with Crippen molar-refractivity contribution in [3.05, 3.63) is 71.6 Å². The third kappa shape index (κ3) is 3.52. The molecule has 0 unspecified atom stereocenters. The molecule has 0 aliphatic heterocycles. The summed E-state index contributed by atoms with van der Waals surface area (Å²) < 4.78 is 7.26. The van der Waals surface area contributed by atoms with Gasteiger partial charge in [0.15, 0.2) is 0 Å². The molecule has 0 aliphatic carbocycles. The predicted octanol–water partition coefficient (Wildman–Crippen LogP) is 2.82. The van der Waals surface area contributed by atoms with Crippen molar-refractivity contribution in [2.24, 2.45) is 0 Å². The fourth-order valence-corrected chi connectivity index (χ4v) is 2.73. The number of carbonyl (C=O) groups excluding carboxylic acids is 1.